The lowest BCUT2D eigenvalue weighted by atomic mass is 10.1. The van der Waals surface area contributed by atoms with Crippen LogP contribution in [0.25, 0.3) is 0 Å². The molecule has 2 heterocycles. The molecule has 0 spiro atoms. The molecule has 2 N–H and O–H groups in total. The van der Waals surface area contributed by atoms with Crippen LogP contribution in [0, 0.1) is 0 Å². The van der Waals surface area contributed by atoms with Gasteiger partial charge >= 0.3 is 0 Å². The second kappa shape index (κ2) is 10.5. The smallest absolute Gasteiger partial charge is 0.289 e. The summed E-state index contributed by atoms with van der Waals surface area (Å²) in [5.74, 6) is 1.06. The summed E-state index contributed by atoms with van der Waals surface area (Å²) in [6, 6.07) is 10.9. The van der Waals surface area contributed by atoms with Crippen molar-refractivity contribution in [3.63, 3.8) is 0 Å². The number of guanidine groups is 1. The molecule has 1 saturated heterocycles. The minimum Gasteiger partial charge on any atom is -0.459 e. The number of aliphatic imine (C=N–C) groups is 1. The molecule has 2 aromatic rings. The van der Waals surface area contributed by atoms with Gasteiger partial charge in [0.05, 0.1) is 12.8 Å². The van der Waals surface area contributed by atoms with Gasteiger partial charge in [-0.15, -0.1) is 0 Å². The maximum atomic E-state index is 12.4. The quantitative estimate of drug-likeness (QED) is 0.560. The third-order valence-electron chi connectivity index (χ3n) is 4.90. The van der Waals surface area contributed by atoms with Gasteiger partial charge in [0.2, 0.25) is 0 Å². The third-order valence-corrected chi connectivity index (χ3v) is 4.90. The molecule has 8 heteroatoms. The van der Waals surface area contributed by atoms with E-state index in [4.69, 9.17) is 9.41 Å². The number of carbonyl (C=O) groups is 2. The fourth-order valence-electron chi connectivity index (χ4n) is 3.29. The fourth-order valence-corrected chi connectivity index (χ4v) is 3.29. The Morgan fingerprint density at radius 2 is 1.63 bits per heavy atom. The highest BCUT2D eigenvalue weighted by atomic mass is 16.3. The summed E-state index contributed by atoms with van der Waals surface area (Å²) in [6.07, 6.45) is 1.52. The molecule has 0 bridgehead atoms. The van der Waals surface area contributed by atoms with Gasteiger partial charge in [0.25, 0.3) is 11.8 Å². The minimum atomic E-state index is -0.0752. The van der Waals surface area contributed by atoms with Crippen molar-refractivity contribution in [1.82, 2.24) is 20.4 Å². The summed E-state index contributed by atoms with van der Waals surface area (Å²) < 4.78 is 5.22. The van der Waals surface area contributed by atoms with Gasteiger partial charge in [-0.25, -0.2) is 4.99 Å². The molecule has 8 nitrogen and oxygen atoms in total. The van der Waals surface area contributed by atoms with Crippen molar-refractivity contribution in [3.05, 3.63) is 59.5 Å². The Morgan fingerprint density at radius 3 is 2.23 bits per heavy atom. The Balaban J connectivity index is 1.58. The molecule has 1 aliphatic heterocycles. The molecule has 1 aromatic carbocycles. The molecular weight excluding hydrogens is 382 g/mol. The summed E-state index contributed by atoms with van der Waals surface area (Å²) in [7, 11) is 0. The zero-order chi connectivity index (χ0) is 21.3. The van der Waals surface area contributed by atoms with E-state index in [-0.39, 0.29) is 11.8 Å². The first-order valence-electron chi connectivity index (χ1n) is 10.4. The second-order valence-electron chi connectivity index (χ2n) is 6.98. The Morgan fingerprint density at radius 1 is 0.967 bits per heavy atom. The van der Waals surface area contributed by atoms with Crippen LogP contribution in [0.1, 0.15) is 40.3 Å². The Labute approximate surface area is 176 Å². The molecule has 2 amide bonds. The minimum absolute atomic E-state index is 0.0668. The third kappa shape index (κ3) is 5.40. The number of furan rings is 1. The predicted octanol–water partition coefficient (Wildman–Crippen LogP) is 1.95. The average Bonchev–Trinajstić information content (AvgIpc) is 3.32. The van der Waals surface area contributed by atoms with Crippen molar-refractivity contribution in [1.29, 1.82) is 0 Å². The lowest BCUT2D eigenvalue weighted by Gasteiger charge is -2.36. The first kappa shape index (κ1) is 21.4. The van der Waals surface area contributed by atoms with Gasteiger partial charge in [-0.05, 0) is 43.7 Å². The van der Waals surface area contributed by atoms with Crippen molar-refractivity contribution >= 4 is 17.8 Å². The van der Waals surface area contributed by atoms with Crippen molar-refractivity contribution < 1.29 is 14.0 Å². The first-order valence-corrected chi connectivity index (χ1v) is 10.4. The standard InChI is InChI=1S/C22H29N5O3/c1-3-23-20(28)18-9-7-17(8-10-18)16-25-22(24-4-2)27-13-11-26(12-14-27)21(29)19-6-5-15-30-19/h5-10,15H,3-4,11-14,16H2,1-2H3,(H,23,28)(H,24,25). The van der Waals surface area contributed by atoms with E-state index >= 15 is 0 Å². The normalized spacial score (nSPS) is 14.5. The molecule has 0 saturated carbocycles. The second-order valence-corrected chi connectivity index (χ2v) is 6.98. The van der Waals surface area contributed by atoms with E-state index in [1.54, 1.807) is 17.0 Å². The van der Waals surface area contributed by atoms with Crippen LogP contribution in [0.5, 0.6) is 0 Å². The number of nitrogens with one attached hydrogen (secondary N) is 2. The summed E-state index contributed by atoms with van der Waals surface area (Å²) in [5, 5.41) is 6.12. The molecule has 0 unspecified atom stereocenters. The highest BCUT2D eigenvalue weighted by Crippen LogP contribution is 2.11. The van der Waals surface area contributed by atoms with Gasteiger partial charge in [-0.1, -0.05) is 12.1 Å². The van der Waals surface area contributed by atoms with Crippen LogP contribution in [-0.2, 0) is 6.54 Å². The highest BCUT2D eigenvalue weighted by Gasteiger charge is 2.25. The van der Waals surface area contributed by atoms with Crippen molar-refractivity contribution in [2.75, 3.05) is 39.3 Å². The number of hydrogen-bond donors (Lipinski definition) is 2. The lowest BCUT2D eigenvalue weighted by molar-refractivity contribution is 0.0657. The number of rotatable bonds is 6. The molecular formula is C22H29N5O3. The van der Waals surface area contributed by atoms with E-state index in [1.807, 2.05) is 38.1 Å². The van der Waals surface area contributed by atoms with Gasteiger partial charge in [0.1, 0.15) is 0 Å². The van der Waals surface area contributed by atoms with Gasteiger partial charge in [0.15, 0.2) is 11.7 Å². The van der Waals surface area contributed by atoms with Crippen molar-refractivity contribution in [2.24, 2.45) is 4.99 Å². The Bertz CT molecular complexity index is 853. The molecule has 0 aliphatic carbocycles. The monoisotopic (exact) mass is 411 g/mol. The SMILES string of the molecule is CCNC(=O)c1ccc(CN=C(NCC)N2CCN(C(=O)c3ccco3)CC2)cc1. The van der Waals surface area contributed by atoms with E-state index in [0.717, 1.165) is 18.1 Å². The van der Waals surface area contributed by atoms with Crippen molar-refractivity contribution in [3.8, 4) is 0 Å². The van der Waals surface area contributed by atoms with E-state index in [1.165, 1.54) is 6.26 Å². The summed E-state index contributed by atoms with van der Waals surface area (Å²) >= 11 is 0. The summed E-state index contributed by atoms with van der Waals surface area (Å²) in [5.41, 5.74) is 1.68. The van der Waals surface area contributed by atoms with Crippen LogP contribution in [-0.4, -0.2) is 66.8 Å². The predicted molar refractivity (Wildman–Crippen MR) is 115 cm³/mol. The molecule has 0 radical (unpaired) electrons. The molecule has 1 fully saturated rings. The van der Waals surface area contributed by atoms with E-state index in [9.17, 15) is 9.59 Å². The van der Waals surface area contributed by atoms with E-state index in [2.05, 4.69) is 15.5 Å². The zero-order valence-electron chi connectivity index (χ0n) is 17.6. The number of amides is 2. The Kier molecular flexibility index (Phi) is 7.48. The number of hydrogen-bond acceptors (Lipinski definition) is 4. The molecule has 1 aromatic heterocycles. The summed E-state index contributed by atoms with van der Waals surface area (Å²) in [4.78, 5) is 33.0. The average molecular weight is 412 g/mol. The number of carbonyl (C=O) groups excluding carboxylic acids is 2. The van der Waals surface area contributed by atoms with Crippen LogP contribution in [0.3, 0.4) is 0 Å². The van der Waals surface area contributed by atoms with E-state index in [0.29, 0.717) is 50.6 Å². The molecule has 30 heavy (non-hydrogen) atoms. The van der Waals surface area contributed by atoms with Crippen LogP contribution >= 0.6 is 0 Å². The molecule has 1 aliphatic rings. The van der Waals surface area contributed by atoms with Crippen molar-refractivity contribution in [2.45, 2.75) is 20.4 Å². The highest BCUT2D eigenvalue weighted by molar-refractivity contribution is 5.94. The molecule has 0 atom stereocenters. The van der Waals surface area contributed by atoms with Crippen LogP contribution in [0.15, 0.2) is 52.1 Å². The number of benzene rings is 1. The largest absolute Gasteiger partial charge is 0.459 e. The van der Waals surface area contributed by atoms with Crippen LogP contribution in [0.2, 0.25) is 0 Å². The maximum Gasteiger partial charge on any atom is 0.289 e. The fraction of sp³-hybridized carbons (Fsp3) is 0.409. The van der Waals surface area contributed by atoms with Gasteiger partial charge < -0.3 is 24.9 Å². The van der Waals surface area contributed by atoms with Gasteiger partial charge in [0, 0.05) is 44.8 Å². The van der Waals surface area contributed by atoms with Gasteiger partial charge in [-0.2, -0.15) is 0 Å². The topological polar surface area (TPSA) is 90.2 Å². The maximum absolute atomic E-state index is 12.4. The van der Waals surface area contributed by atoms with Crippen LogP contribution in [0.4, 0.5) is 0 Å². The molecule has 160 valence electrons. The zero-order valence-corrected chi connectivity index (χ0v) is 17.6. The lowest BCUT2D eigenvalue weighted by Crippen LogP contribution is -2.53. The molecule has 3 rings (SSSR count). The first-order chi connectivity index (χ1) is 14.6. The van der Waals surface area contributed by atoms with E-state index < -0.39 is 0 Å². The Hall–Kier alpha value is -3.29. The number of piperazine rings is 1. The summed E-state index contributed by atoms with van der Waals surface area (Å²) in [6.45, 7) is 8.46. The van der Waals surface area contributed by atoms with Gasteiger partial charge in [-0.3, -0.25) is 9.59 Å². The van der Waals surface area contributed by atoms with Crippen LogP contribution < -0.4 is 10.6 Å². The number of nitrogens with zero attached hydrogens (tertiary/aromatic N) is 3.